The fourth-order valence-electron chi connectivity index (χ4n) is 3.07. The predicted molar refractivity (Wildman–Crippen MR) is 92.0 cm³/mol. The first-order valence-corrected chi connectivity index (χ1v) is 8.31. The molecule has 0 saturated carbocycles. The second kappa shape index (κ2) is 7.05. The number of nitrogens with zero attached hydrogens (tertiary/aromatic N) is 1. The number of nitrogens with one attached hydrogen (secondary N) is 3. The van der Waals surface area contributed by atoms with Gasteiger partial charge in [-0.15, -0.1) is 0 Å². The Bertz CT molecular complexity index is 706. The summed E-state index contributed by atoms with van der Waals surface area (Å²) in [6.07, 6.45) is 0.877. The van der Waals surface area contributed by atoms with E-state index in [2.05, 4.69) is 34.7 Å². The van der Waals surface area contributed by atoms with E-state index in [1.807, 2.05) is 24.3 Å². The molecule has 1 unspecified atom stereocenters. The van der Waals surface area contributed by atoms with Gasteiger partial charge in [-0.1, -0.05) is 26.0 Å². The summed E-state index contributed by atoms with van der Waals surface area (Å²) >= 11 is 0. The molecule has 1 aliphatic rings. The molecule has 0 saturated heterocycles. The fraction of sp³-hybridized carbons (Fsp3) is 0.444. The molecule has 6 heteroatoms. The molecule has 3 rings (SSSR count). The summed E-state index contributed by atoms with van der Waals surface area (Å²) in [5, 5.41) is 13.7. The first kappa shape index (κ1) is 16.5. The average Bonchev–Trinajstić information content (AvgIpc) is 3.03. The number of methoxy groups -OCH3 is 1. The van der Waals surface area contributed by atoms with Crippen LogP contribution in [0, 0.1) is 5.92 Å². The third kappa shape index (κ3) is 3.28. The summed E-state index contributed by atoms with van der Waals surface area (Å²) in [6.45, 7) is 5.79. The van der Waals surface area contributed by atoms with E-state index in [4.69, 9.17) is 4.74 Å². The van der Waals surface area contributed by atoms with Gasteiger partial charge in [0.15, 0.2) is 5.69 Å². The zero-order valence-corrected chi connectivity index (χ0v) is 14.3. The lowest BCUT2D eigenvalue weighted by atomic mass is 9.95. The number of ether oxygens (including phenoxy) is 1. The minimum Gasteiger partial charge on any atom is -0.497 e. The third-order valence-corrected chi connectivity index (χ3v) is 4.45. The summed E-state index contributed by atoms with van der Waals surface area (Å²) in [5.74, 6) is 0.931. The predicted octanol–water partition coefficient (Wildman–Crippen LogP) is 2.19. The Balaban J connectivity index is 1.80. The Morgan fingerprint density at radius 1 is 1.29 bits per heavy atom. The van der Waals surface area contributed by atoms with Gasteiger partial charge < -0.3 is 15.4 Å². The maximum atomic E-state index is 12.7. The van der Waals surface area contributed by atoms with Crippen molar-refractivity contribution in [3.63, 3.8) is 0 Å². The van der Waals surface area contributed by atoms with Gasteiger partial charge in [0.05, 0.1) is 13.2 Å². The zero-order valence-electron chi connectivity index (χ0n) is 14.3. The van der Waals surface area contributed by atoms with E-state index in [1.165, 1.54) is 0 Å². The van der Waals surface area contributed by atoms with E-state index in [0.29, 0.717) is 12.2 Å². The van der Waals surface area contributed by atoms with Crippen LogP contribution in [-0.2, 0) is 13.0 Å². The molecule has 6 nitrogen and oxygen atoms in total. The molecule has 0 radical (unpaired) electrons. The number of aromatic nitrogens is 2. The van der Waals surface area contributed by atoms with Gasteiger partial charge >= 0.3 is 0 Å². The van der Waals surface area contributed by atoms with E-state index in [1.54, 1.807) is 7.11 Å². The monoisotopic (exact) mass is 328 g/mol. The van der Waals surface area contributed by atoms with E-state index in [0.717, 1.165) is 35.5 Å². The van der Waals surface area contributed by atoms with Crippen LogP contribution in [0.25, 0.3) is 0 Å². The minimum absolute atomic E-state index is 0.0766. The average molecular weight is 328 g/mol. The van der Waals surface area contributed by atoms with Crippen LogP contribution in [0.4, 0.5) is 0 Å². The summed E-state index contributed by atoms with van der Waals surface area (Å²) in [5.41, 5.74) is 3.60. The Kier molecular flexibility index (Phi) is 4.85. The topological polar surface area (TPSA) is 79.0 Å². The normalized spacial score (nSPS) is 15.0. The van der Waals surface area contributed by atoms with Gasteiger partial charge in [-0.3, -0.25) is 9.89 Å². The first-order valence-electron chi connectivity index (χ1n) is 8.31. The van der Waals surface area contributed by atoms with Gasteiger partial charge in [-0.2, -0.15) is 5.10 Å². The SMILES string of the molecule is COc1ccc(C(NC(=O)c2n[nH]c3c2CNCC3)C(C)C)cc1. The number of hydrogen-bond acceptors (Lipinski definition) is 4. The van der Waals surface area contributed by atoms with Gasteiger partial charge in [0.1, 0.15) is 5.75 Å². The Hall–Kier alpha value is -2.34. The number of benzene rings is 1. The smallest absolute Gasteiger partial charge is 0.272 e. The number of aromatic amines is 1. The molecule has 1 atom stereocenters. The van der Waals surface area contributed by atoms with Crippen molar-refractivity contribution in [2.24, 2.45) is 5.92 Å². The number of carbonyl (C=O) groups is 1. The number of carbonyl (C=O) groups excluding carboxylic acids is 1. The minimum atomic E-state index is -0.134. The maximum Gasteiger partial charge on any atom is 0.272 e. The van der Waals surface area contributed by atoms with Crippen LogP contribution in [0.5, 0.6) is 5.75 Å². The van der Waals surface area contributed by atoms with Crippen molar-refractivity contribution in [2.75, 3.05) is 13.7 Å². The van der Waals surface area contributed by atoms with Gasteiger partial charge in [-0.05, 0) is 23.6 Å². The van der Waals surface area contributed by atoms with Crippen molar-refractivity contribution in [1.82, 2.24) is 20.8 Å². The van der Waals surface area contributed by atoms with Gasteiger partial charge in [-0.25, -0.2) is 0 Å². The molecule has 1 aliphatic heterocycles. The Morgan fingerprint density at radius 2 is 2.04 bits per heavy atom. The molecule has 0 aliphatic carbocycles. The highest BCUT2D eigenvalue weighted by Gasteiger charge is 2.25. The van der Waals surface area contributed by atoms with Crippen LogP contribution in [0.15, 0.2) is 24.3 Å². The van der Waals surface area contributed by atoms with E-state index < -0.39 is 0 Å². The van der Waals surface area contributed by atoms with Crippen LogP contribution in [-0.4, -0.2) is 29.8 Å². The summed E-state index contributed by atoms with van der Waals surface area (Å²) < 4.78 is 5.20. The number of rotatable bonds is 5. The van der Waals surface area contributed by atoms with Crippen molar-refractivity contribution >= 4 is 5.91 Å². The Labute approximate surface area is 142 Å². The highest BCUT2D eigenvalue weighted by Crippen LogP contribution is 2.25. The lowest BCUT2D eigenvalue weighted by Gasteiger charge is -2.23. The molecule has 0 fully saturated rings. The summed E-state index contributed by atoms with van der Waals surface area (Å²) in [6, 6.07) is 7.73. The third-order valence-electron chi connectivity index (χ3n) is 4.45. The molecule has 0 spiro atoms. The fourth-order valence-corrected chi connectivity index (χ4v) is 3.07. The van der Waals surface area contributed by atoms with Crippen LogP contribution in [0.2, 0.25) is 0 Å². The molecule has 1 aromatic heterocycles. The molecule has 3 N–H and O–H groups in total. The molecule has 2 heterocycles. The number of amides is 1. The number of hydrogen-bond donors (Lipinski definition) is 3. The molecular weight excluding hydrogens is 304 g/mol. The van der Waals surface area contributed by atoms with Crippen molar-refractivity contribution in [3.05, 3.63) is 46.8 Å². The molecule has 0 bridgehead atoms. The molecule has 128 valence electrons. The zero-order chi connectivity index (χ0) is 17.1. The van der Waals surface area contributed by atoms with Crippen LogP contribution in [0.1, 0.15) is 47.2 Å². The maximum absolute atomic E-state index is 12.7. The van der Waals surface area contributed by atoms with Crippen molar-refractivity contribution < 1.29 is 9.53 Å². The Morgan fingerprint density at radius 3 is 2.71 bits per heavy atom. The summed E-state index contributed by atoms with van der Waals surface area (Å²) in [7, 11) is 1.64. The molecular formula is C18H24N4O2. The second-order valence-electron chi connectivity index (χ2n) is 6.42. The first-order chi connectivity index (χ1) is 11.6. The standard InChI is InChI=1S/C18H24N4O2/c1-11(2)16(12-4-6-13(24-3)7-5-12)20-18(23)17-14-10-19-9-8-15(14)21-22-17/h4-7,11,16,19H,8-10H2,1-3H3,(H,20,23)(H,21,22). The highest BCUT2D eigenvalue weighted by molar-refractivity contribution is 5.94. The molecule has 24 heavy (non-hydrogen) atoms. The van der Waals surface area contributed by atoms with Gasteiger partial charge in [0.25, 0.3) is 5.91 Å². The molecule has 1 amide bonds. The van der Waals surface area contributed by atoms with Gasteiger partial charge in [0.2, 0.25) is 0 Å². The van der Waals surface area contributed by atoms with Crippen LogP contribution >= 0.6 is 0 Å². The van der Waals surface area contributed by atoms with Crippen molar-refractivity contribution in [1.29, 1.82) is 0 Å². The lowest BCUT2D eigenvalue weighted by molar-refractivity contribution is 0.0919. The van der Waals surface area contributed by atoms with E-state index in [-0.39, 0.29) is 17.9 Å². The van der Waals surface area contributed by atoms with Crippen molar-refractivity contribution in [2.45, 2.75) is 32.9 Å². The number of fused-ring (bicyclic) bond motifs is 1. The second-order valence-corrected chi connectivity index (χ2v) is 6.42. The van der Waals surface area contributed by atoms with Crippen molar-refractivity contribution in [3.8, 4) is 5.75 Å². The van der Waals surface area contributed by atoms with E-state index >= 15 is 0 Å². The summed E-state index contributed by atoms with van der Waals surface area (Å²) in [4.78, 5) is 12.7. The molecule has 2 aromatic rings. The van der Waals surface area contributed by atoms with E-state index in [9.17, 15) is 4.79 Å². The largest absolute Gasteiger partial charge is 0.497 e. The van der Waals surface area contributed by atoms with Gasteiger partial charge in [0, 0.05) is 30.8 Å². The van der Waals surface area contributed by atoms with Crippen LogP contribution < -0.4 is 15.4 Å². The lowest BCUT2D eigenvalue weighted by Crippen LogP contribution is -2.33. The highest BCUT2D eigenvalue weighted by atomic mass is 16.5. The molecule has 1 aromatic carbocycles. The number of H-pyrrole nitrogens is 1. The van der Waals surface area contributed by atoms with Crippen LogP contribution in [0.3, 0.4) is 0 Å². The quantitative estimate of drug-likeness (QED) is 0.786.